The standard InChI is InChI=1S/C22H44N2O4S/c1-2-3-4-5-6-7-8-9-10-11-12-13-14-15-16-17-18-29-20(22(26)28-24)19-21(25)27-23/h20H,2-19,23-24H2,1H3. The number of unbranched alkanes of at least 4 members (excludes halogenated alkanes) is 15. The van der Waals surface area contributed by atoms with Crippen molar-refractivity contribution in [2.45, 2.75) is 121 Å². The van der Waals surface area contributed by atoms with Crippen LogP contribution in [0.3, 0.4) is 0 Å². The summed E-state index contributed by atoms with van der Waals surface area (Å²) in [4.78, 5) is 31.1. The Labute approximate surface area is 182 Å². The van der Waals surface area contributed by atoms with Crippen molar-refractivity contribution < 1.29 is 19.3 Å². The van der Waals surface area contributed by atoms with Crippen LogP contribution in [0.25, 0.3) is 0 Å². The zero-order valence-electron chi connectivity index (χ0n) is 18.5. The van der Waals surface area contributed by atoms with E-state index in [0.29, 0.717) is 0 Å². The van der Waals surface area contributed by atoms with Gasteiger partial charge in [-0.3, -0.25) is 4.79 Å². The van der Waals surface area contributed by atoms with Crippen molar-refractivity contribution in [3.8, 4) is 0 Å². The second kappa shape index (κ2) is 21.9. The van der Waals surface area contributed by atoms with Crippen LogP contribution in [0, 0.1) is 0 Å². The van der Waals surface area contributed by atoms with Gasteiger partial charge in [0.2, 0.25) is 0 Å². The van der Waals surface area contributed by atoms with Crippen LogP contribution >= 0.6 is 11.8 Å². The Kier molecular flexibility index (Phi) is 21.3. The lowest BCUT2D eigenvalue weighted by atomic mass is 10.0. The quantitative estimate of drug-likeness (QED) is 0.180. The molecule has 0 heterocycles. The second-order valence-corrected chi connectivity index (χ2v) is 9.10. The summed E-state index contributed by atoms with van der Waals surface area (Å²) in [6.07, 6.45) is 21.1. The Bertz CT molecular complexity index is 397. The highest BCUT2D eigenvalue weighted by atomic mass is 32.2. The Morgan fingerprint density at radius 2 is 1.10 bits per heavy atom. The van der Waals surface area contributed by atoms with E-state index in [1.807, 2.05) is 0 Å². The zero-order valence-corrected chi connectivity index (χ0v) is 19.3. The first-order chi connectivity index (χ1) is 14.2. The molecule has 0 fully saturated rings. The average molecular weight is 433 g/mol. The third-order valence-electron chi connectivity index (χ3n) is 5.18. The lowest BCUT2D eigenvalue weighted by Gasteiger charge is -2.12. The Balaban J connectivity index is 3.39. The van der Waals surface area contributed by atoms with Crippen LogP contribution in [0.15, 0.2) is 0 Å². The van der Waals surface area contributed by atoms with Gasteiger partial charge in [-0.25, -0.2) is 4.79 Å². The molecule has 0 radical (unpaired) electrons. The highest BCUT2D eigenvalue weighted by Gasteiger charge is 2.24. The number of rotatable bonds is 21. The van der Waals surface area contributed by atoms with Crippen LogP contribution in [0.2, 0.25) is 0 Å². The molecule has 0 aliphatic rings. The predicted molar refractivity (Wildman–Crippen MR) is 121 cm³/mol. The van der Waals surface area contributed by atoms with E-state index in [0.717, 1.165) is 18.6 Å². The number of nitrogens with two attached hydrogens (primary N) is 2. The van der Waals surface area contributed by atoms with Gasteiger partial charge in [-0.2, -0.15) is 11.8 Å². The normalized spacial score (nSPS) is 12.0. The largest absolute Gasteiger partial charge is 0.373 e. The molecule has 0 aliphatic heterocycles. The maximum absolute atomic E-state index is 11.5. The minimum absolute atomic E-state index is 0.115. The van der Waals surface area contributed by atoms with Gasteiger partial charge in [-0.1, -0.05) is 103 Å². The fourth-order valence-corrected chi connectivity index (χ4v) is 4.46. The van der Waals surface area contributed by atoms with Gasteiger partial charge < -0.3 is 9.68 Å². The average Bonchev–Trinajstić information content (AvgIpc) is 2.74. The zero-order chi connectivity index (χ0) is 21.6. The number of thioether (sulfide) groups is 1. The molecule has 7 heteroatoms. The lowest BCUT2D eigenvalue weighted by molar-refractivity contribution is -0.150. The van der Waals surface area contributed by atoms with Gasteiger partial charge in [-0.15, -0.1) is 11.8 Å². The third kappa shape index (κ3) is 18.9. The Morgan fingerprint density at radius 3 is 1.48 bits per heavy atom. The summed E-state index contributed by atoms with van der Waals surface area (Å²) in [6.45, 7) is 2.27. The summed E-state index contributed by atoms with van der Waals surface area (Å²) in [5.41, 5.74) is 0. The van der Waals surface area contributed by atoms with E-state index in [-0.39, 0.29) is 6.42 Å². The van der Waals surface area contributed by atoms with E-state index >= 15 is 0 Å². The minimum atomic E-state index is -0.646. The molecule has 0 amide bonds. The van der Waals surface area contributed by atoms with Gasteiger partial charge in [0.1, 0.15) is 5.25 Å². The molecule has 29 heavy (non-hydrogen) atoms. The fourth-order valence-electron chi connectivity index (χ4n) is 3.36. The smallest absolute Gasteiger partial charge is 0.338 e. The first kappa shape index (κ1) is 28.2. The van der Waals surface area contributed by atoms with Gasteiger partial charge in [0.25, 0.3) is 0 Å². The van der Waals surface area contributed by atoms with Crippen LogP contribution in [-0.2, 0) is 19.3 Å². The van der Waals surface area contributed by atoms with E-state index in [9.17, 15) is 9.59 Å². The van der Waals surface area contributed by atoms with Crippen molar-refractivity contribution in [1.29, 1.82) is 0 Å². The lowest BCUT2D eigenvalue weighted by Crippen LogP contribution is -2.27. The second-order valence-electron chi connectivity index (χ2n) is 7.79. The molecule has 0 saturated carbocycles. The monoisotopic (exact) mass is 432 g/mol. The summed E-state index contributed by atoms with van der Waals surface area (Å²) in [6, 6.07) is 0. The molecule has 4 N–H and O–H groups in total. The molecule has 172 valence electrons. The molecule has 0 bridgehead atoms. The van der Waals surface area contributed by atoms with Crippen LogP contribution in [-0.4, -0.2) is 22.9 Å². The third-order valence-corrected chi connectivity index (χ3v) is 6.47. The summed E-state index contributed by atoms with van der Waals surface area (Å²) in [5, 5.41) is -0.646. The molecule has 0 aliphatic carbocycles. The number of carbonyl (C=O) groups excluding carboxylic acids is 2. The molecule has 1 atom stereocenters. The molecule has 1 unspecified atom stereocenters. The van der Waals surface area contributed by atoms with E-state index < -0.39 is 17.2 Å². The van der Waals surface area contributed by atoms with Crippen LogP contribution < -0.4 is 11.8 Å². The molecule has 0 aromatic heterocycles. The summed E-state index contributed by atoms with van der Waals surface area (Å²) in [5.74, 6) is 9.26. The van der Waals surface area contributed by atoms with Crippen LogP contribution in [0.1, 0.15) is 116 Å². The topological polar surface area (TPSA) is 105 Å². The van der Waals surface area contributed by atoms with Crippen molar-refractivity contribution in [2.75, 3.05) is 5.75 Å². The molecule has 6 nitrogen and oxygen atoms in total. The highest BCUT2D eigenvalue weighted by Crippen LogP contribution is 2.19. The molecule has 0 aromatic rings. The van der Waals surface area contributed by atoms with Gasteiger partial charge in [-0.05, 0) is 12.2 Å². The molecule has 0 aromatic carbocycles. The maximum Gasteiger partial charge on any atom is 0.338 e. The van der Waals surface area contributed by atoms with E-state index in [1.165, 1.54) is 102 Å². The van der Waals surface area contributed by atoms with Crippen molar-refractivity contribution in [1.82, 2.24) is 0 Å². The van der Waals surface area contributed by atoms with E-state index in [1.54, 1.807) is 0 Å². The predicted octanol–water partition coefficient (Wildman–Crippen LogP) is 5.57. The molecule has 0 saturated heterocycles. The molecular weight excluding hydrogens is 388 g/mol. The molecular formula is C22H44N2O4S. The van der Waals surface area contributed by atoms with E-state index in [2.05, 4.69) is 16.6 Å². The Morgan fingerprint density at radius 1 is 0.690 bits per heavy atom. The summed E-state index contributed by atoms with van der Waals surface area (Å²) in [7, 11) is 0. The number of carbonyl (C=O) groups is 2. The van der Waals surface area contributed by atoms with Gasteiger partial charge in [0.05, 0.1) is 6.42 Å². The van der Waals surface area contributed by atoms with Gasteiger partial charge >= 0.3 is 11.9 Å². The van der Waals surface area contributed by atoms with Crippen molar-refractivity contribution in [3.05, 3.63) is 0 Å². The van der Waals surface area contributed by atoms with Gasteiger partial charge in [0, 0.05) is 0 Å². The minimum Gasteiger partial charge on any atom is -0.373 e. The summed E-state index contributed by atoms with van der Waals surface area (Å²) < 4.78 is 0. The first-order valence-corrected chi connectivity index (χ1v) is 12.6. The van der Waals surface area contributed by atoms with E-state index in [4.69, 9.17) is 11.8 Å². The summed E-state index contributed by atoms with van der Waals surface area (Å²) >= 11 is 1.37. The van der Waals surface area contributed by atoms with Crippen molar-refractivity contribution in [3.63, 3.8) is 0 Å². The van der Waals surface area contributed by atoms with Crippen molar-refractivity contribution >= 4 is 23.7 Å². The van der Waals surface area contributed by atoms with Gasteiger partial charge in [0.15, 0.2) is 0 Å². The maximum atomic E-state index is 11.5. The SMILES string of the molecule is CCCCCCCCCCCCCCCCCCSC(CC(=O)ON)C(=O)ON. The van der Waals surface area contributed by atoms with Crippen molar-refractivity contribution in [2.24, 2.45) is 11.8 Å². The molecule has 0 spiro atoms. The molecule has 0 rings (SSSR count). The van der Waals surface area contributed by atoms with Crippen LogP contribution in [0.4, 0.5) is 0 Å². The Hall–Kier alpha value is -0.790. The first-order valence-electron chi connectivity index (χ1n) is 11.6. The van der Waals surface area contributed by atoms with Crippen LogP contribution in [0.5, 0.6) is 0 Å². The number of hydrogen-bond donors (Lipinski definition) is 2. The number of hydrogen-bond acceptors (Lipinski definition) is 7. The fraction of sp³-hybridized carbons (Fsp3) is 0.909. The highest BCUT2D eigenvalue weighted by molar-refractivity contribution is 8.00.